The summed E-state index contributed by atoms with van der Waals surface area (Å²) in [7, 11) is 2.23. The van der Waals surface area contributed by atoms with Crippen LogP contribution in [-0.4, -0.2) is 69.9 Å². The molecule has 3 aromatic rings. The lowest BCUT2D eigenvalue weighted by Gasteiger charge is -2.30. The Balaban J connectivity index is 0.000000195. The smallest absolute Gasteiger partial charge is 0.321 e. The zero-order chi connectivity index (χ0) is 29.2. The van der Waals surface area contributed by atoms with Crippen LogP contribution in [0.1, 0.15) is 80.7 Å². The molecule has 6 heteroatoms. The molecule has 0 aliphatic carbocycles. The van der Waals surface area contributed by atoms with Gasteiger partial charge in [-0.2, -0.15) is 5.10 Å². The van der Waals surface area contributed by atoms with Crippen LogP contribution in [0.25, 0.3) is 0 Å². The highest BCUT2D eigenvalue weighted by molar-refractivity contribution is 5.73. The predicted molar refractivity (Wildman–Crippen MR) is 167 cm³/mol. The number of likely N-dealkylation sites (tertiary alicyclic amines) is 2. The average molecular weight is 559 g/mol. The normalized spacial score (nSPS) is 19.2. The van der Waals surface area contributed by atoms with Crippen molar-refractivity contribution in [2.24, 2.45) is 5.92 Å². The van der Waals surface area contributed by atoms with Gasteiger partial charge in [-0.05, 0) is 93.7 Å². The molecule has 2 fully saturated rings. The number of hydrogen-bond donors (Lipinski definition) is 1. The summed E-state index contributed by atoms with van der Waals surface area (Å²) in [6.07, 6.45) is 9.09. The van der Waals surface area contributed by atoms with E-state index in [1.807, 2.05) is 19.9 Å². The standard InChI is InChI=1S/C20H29N3.C15H21NO2/c1-3-13-23-20(18-11-14-22(2)15-12-18)19(16-21-23)10-9-17-7-5-4-6-8-17;1-11(2)14(15(17)18)16-9-8-13(10-16)12-6-4-3-5-7-12/h4-8,16,18H,3,9-15H2,1-2H3;3-7,11,13-14H,8-10H2,1-2H3,(H,17,18)/t;13-,14-/m.1/s1. The summed E-state index contributed by atoms with van der Waals surface area (Å²) in [5, 5.41) is 14.0. The first-order chi connectivity index (χ1) is 19.9. The van der Waals surface area contributed by atoms with Gasteiger partial charge in [-0.3, -0.25) is 14.4 Å². The Morgan fingerprint density at radius 1 is 0.927 bits per heavy atom. The van der Waals surface area contributed by atoms with E-state index in [4.69, 9.17) is 5.10 Å². The van der Waals surface area contributed by atoms with Crippen molar-refractivity contribution in [1.82, 2.24) is 19.6 Å². The first-order valence-electron chi connectivity index (χ1n) is 15.7. The summed E-state index contributed by atoms with van der Waals surface area (Å²) >= 11 is 0. The van der Waals surface area contributed by atoms with Gasteiger partial charge in [0.2, 0.25) is 0 Å². The van der Waals surface area contributed by atoms with E-state index >= 15 is 0 Å². The molecule has 6 nitrogen and oxygen atoms in total. The molecular formula is C35H50N4O2. The summed E-state index contributed by atoms with van der Waals surface area (Å²) in [6.45, 7) is 11.4. The van der Waals surface area contributed by atoms with Gasteiger partial charge in [0.1, 0.15) is 6.04 Å². The molecule has 0 spiro atoms. The van der Waals surface area contributed by atoms with Gasteiger partial charge in [-0.15, -0.1) is 0 Å². The Bertz CT molecular complexity index is 1190. The molecule has 41 heavy (non-hydrogen) atoms. The number of benzene rings is 2. The van der Waals surface area contributed by atoms with E-state index in [1.165, 1.54) is 48.3 Å². The maximum absolute atomic E-state index is 11.3. The Hall–Kier alpha value is -2.96. The van der Waals surface area contributed by atoms with Gasteiger partial charge < -0.3 is 10.0 Å². The summed E-state index contributed by atoms with van der Waals surface area (Å²) in [4.78, 5) is 15.9. The largest absolute Gasteiger partial charge is 0.480 e. The van der Waals surface area contributed by atoms with Gasteiger partial charge in [0.15, 0.2) is 0 Å². The van der Waals surface area contributed by atoms with Gasteiger partial charge in [0, 0.05) is 24.7 Å². The van der Waals surface area contributed by atoms with Crippen molar-refractivity contribution in [3.05, 3.63) is 89.2 Å². The quantitative estimate of drug-likeness (QED) is 0.309. The summed E-state index contributed by atoms with van der Waals surface area (Å²) in [5.74, 6) is 0.619. The first-order valence-corrected chi connectivity index (χ1v) is 15.7. The second-order valence-corrected chi connectivity index (χ2v) is 12.3. The fourth-order valence-corrected chi connectivity index (χ4v) is 6.59. The van der Waals surface area contributed by atoms with E-state index < -0.39 is 5.97 Å². The molecule has 2 aromatic carbocycles. The zero-order valence-electron chi connectivity index (χ0n) is 25.6. The molecule has 2 aliphatic heterocycles. The number of nitrogens with zero attached hydrogens (tertiary/aromatic N) is 4. The van der Waals surface area contributed by atoms with Crippen LogP contribution in [0.3, 0.4) is 0 Å². The van der Waals surface area contributed by atoms with Crippen molar-refractivity contribution in [2.45, 2.75) is 83.7 Å². The Kier molecular flexibility index (Phi) is 11.6. The minimum absolute atomic E-state index is 0.150. The average Bonchev–Trinajstić information content (AvgIpc) is 3.61. The van der Waals surface area contributed by atoms with Crippen molar-refractivity contribution in [3.63, 3.8) is 0 Å². The molecule has 0 radical (unpaired) electrons. The molecule has 3 heterocycles. The summed E-state index contributed by atoms with van der Waals surface area (Å²) < 4.78 is 2.29. The predicted octanol–water partition coefficient (Wildman–Crippen LogP) is 6.47. The molecule has 0 saturated carbocycles. The van der Waals surface area contributed by atoms with Crippen LogP contribution in [0.15, 0.2) is 66.9 Å². The molecule has 0 unspecified atom stereocenters. The molecule has 1 N–H and O–H groups in total. The summed E-state index contributed by atoms with van der Waals surface area (Å²) in [5.41, 5.74) is 5.74. The third kappa shape index (κ3) is 8.52. The number of aliphatic carboxylic acids is 1. The number of hydrogen-bond acceptors (Lipinski definition) is 4. The van der Waals surface area contributed by atoms with Crippen molar-refractivity contribution in [2.75, 3.05) is 33.2 Å². The lowest BCUT2D eigenvalue weighted by Crippen LogP contribution is -2.43. The highest BCUT2D eigenvalue weighted by atomic mass is 16.4. The lowest BCUT2D eigenvalue weighted by molar-refractivity contribution is -0.144. The molecule has 0 bridgehead atoms. The van der Waals surface area contributed by atoms with Crippen LogP contribution in [0, 0.1) is 5.92 Å². The zero-order valence-corrected chi connectivity index (χ0v) is 25.6. The highest BCUT2D eigenvalue weighted by Crippen LogP contribution is 2.31. The molecule has 2 aliphatic rings. The van der Waals surface area contributed by atoms with Crippen LogP contribution in [-0.2, 0) is 24.2 Å². The second-order valence-electron chi connectivity index (χ2n) is 12.3. The topological polar surface area (TPSA) is 61.6 Å². The van der Waals surface area contributed by atoms with Crippen molar-refractivity contribution in [1.29, 1.82) is 0 Å². The molecule has 222 valence electrons. The van der Waals surface area contributed by atoms with Crippen molar-refractivity contribution in [3.8, 4) is 0 Å². The van der Waals surface area contributed by atoms with Gasteiger partial charge >= 0.3 is 5.97 Å². The molecule has 2 atom stereocenters. The Labute approximate surface area is 247 Å². The van der Waals surface area contributed by atoms with Crippen LogP contribution >= 0.6 is 0 Å². The van der Waals surface area contributed by atoms with Crippen LogP contribution in [0.5, 0.6) is 0 Å². The molecule has 2 saturated heterocycles. The number of piperidine rings is 1. The van der Waals surface area contributed by atoms with E-state index in [1.54, 1.807) is 0 Å². The Morgan fingerprint density at radius 2 is 1.56 bits per heavy atom. The van der Waals surface area contributed by atoms with Crippen molar-refractivity contribution >= 4 is 5.97 Å². The van der Waals surface area contributed by atoms with Gasteiger partial charge in [0.05, 0.1) is 6.20 Å². The number of aryl methyl sites for hydroxylation is 3. The molecule has 5 rings (SSSR count). The minimum atomic E-state index is -0.696. The van der Waals surface area contributed by atoms with E-state index in [2.05, 4.69) is 89.2 Å². The van der Waals surface area contributed by atoms with Gasteiger partial charge in [0.25, 0.3) is 0 Å². The number of aromatic nitrogens is 2. The van der Waals surface area contributed by atoms with E-state index in [9.17, 15) is 9.90 Å². The highest BCUT2D eigenvalue weighted by Gasteiger charge is 2.34. The minimum Gasteiger partial charge on any atom is -0.480 e. The molecule has 0 amide bonds. The van der Waals surface area contributed by atoms with Crippen LogP contribution in [0.2, 0.25) is 0 Å². The number of rotatable bonds is 10. The molecular weight excluding hydrogens is 508 g/mol. The number of carbonyl (C=O) groups is 1. The fraction of sp³-hybridized carbons (Fsp3) is 0.543. The summed E-state index contributed by atoms with van der Waals surface area (Å²) in [6, 6.07) is 20.9. The number of carboxylic acids is 1. The van der Waals surface area contributed by atoms with Crippen LogP contribution in [0.4, 0.5) is 0 Å². The SMILES string of the molecule is CC(C)[C@H](C(=O)O)N1CC[C@@H](c2ccccc2)C1.CCCn1ncc(CCc2ccccc2)c1C1CCN(C)CC1. The maximum atomic E-state index is 11.3. The fourth-order valence-electron chi connectivity index (χ4n) is 6.59. The third-order valence-corrected chi connectivity index (χ3v) is 8.80. The monoisotopic (exact) mass is 558 g/mol. The Morgan fingerprint density at radius 3 is 2.17 bits per heavy atom. The molecule has 1 aromatic heterocycles. The van der Waals surface area contributed by atoms with E-state index in [-0.39, 0.29) is 12.0 Å². The van der Waals surface area contributed by atoms with Gasteiger partial charge in [-0.1, -0.05) is 81.4 Å². The van der Waals surface area contributed by atoms with E-state index in [0.717, 1.165) is 45.3 Å². The second kappa shape index (κ2) is 15.3. The maximum Gasteiger partial charge on any atom is 0.321 e. The lowest BCUT2D eigenvalue weighted by atomic mass is 9.89. The van der Waals surface area contributed by atoms with Crippen LogP contribution < -0.4 is 0 Å². The first kappa shape index (κ1) is 31.0. The van der Waals surface area contributed by atoms with E-state index in [0.29, 0.717) is 11.8 Å². The van der Waals surface area contributed by atoms with Gasteiger partial charge in [-0.25, -0.2) is 0 Å². The number of carboxylic acid groups (broad SMARTS) is 1. The third-order valence-electron chi connectivity index (χ3n) is 8.80. The van der Waals surface area contributed by atoms with Crippen molar-refractivity contribution < 1.29 is 9.90 Å².